The van der Waals surface area contributed by atoms with Crippen molar-refractivity contribution in [3.63, 3.8) is 0 Å². The predicted octanol–water partition coefficient (Wildman–Crippen LogP) is 1.28. The Morgan fingerprint density at radius 3 is 2.78 bits per heavy atom. The number of rotatable bonds is 6. The maximum absolute atomic E-state index is 12.1. The Labute approximate surface area is 131 Å². The van der Waals surface area contributed by atoms with E-state index in [-0.39, 0.29) is 12.1 Å². The molecule has 0 radical (unpaired) electrons. The lowest BCUT2D eigenvalue weighted by atomic mass is 10.2. The van der Waals surface area contributed by atoms with Gasteiger partial charge in [0.25, 0.3) is 0 Å². The maximum Gasteiger partial charge on any atom is 0.354 e. The summed E-state index contributed by atoms with van der Waals surface area (Å²) in [5.74, 6) is -0.820. The summed E-state index contributed by atoms with van der Waals surface area (Å²) >= 11 is 0. The Bertz CT molecular complexity index is 880. The molecule has 0 fully saturated rings. The zero-order valence-corrected chi connectivity index (χ0v) is 12.3. The second-order valence-corrected chi connectivity index (χ2v) is 5.16. The van der Waals surface area contributed by atoms with Crippen molar-refractivity contribution >= 4 is 17.0 Å². The second kappa shape index (κ2) is 6.45. The second-order valence-electron chi connectivity index (χ2n) is 5.16. The van der Waals surface area contributed by atoms with Crippen molar-refractivity contribution in [1.29, 1.82) is 0 Å². The van der Waals surface area contributed by atoms with Crippen molar-refractivity contribution in [3.05, 3.63) is 58.8 Å². The summed E-state index contributed by atoms with van der Waals surface area (Å²) in [6.07, 6.45) is 3.59. The van der Waals surface area contributed by atoms with Gasteiger partial charge in [0.1, 0.15) is 5.65 Å². The molecule has 0 aliphatic heterocycles. The number of carboxylic acids is 1. The van der Waals surface area contributed by atoms with Crippen LogP contribution in [0.2, 0.25) is 0 Å². The van der Waals surface area contributed by atoms with Gasteiger partial charge in [-0.25, -0.2) is 4.79 Å². The van der Waals surface area contributed by atoms with Gasteiger partial charge in [-0.1, -0.05) is 12.1 Å². The standard InChI is InChI=1S/C16H16N4O3/c21-14(22)6-7-17-9-11-1-3-13(4-2-11)20-10-12-5-8-18-15(12)19-16(20)23/h1-5,8,10,17H,6-7,9H2,(H,21,22)(H,18,19,23). The van der Waals surface area contributed by atoms with E-state index >= 15 is 0 Å². The van der Waals surface area contributed by atoms with E-state index in [1.165, 1.54) is 4.57 Å². The number of nitrogens with zero attached hydrogens (tertiary/aromatic N) is 2. The van der Waals surface area contributed by atoms with Crippen LogP contribution in [0, 0.1) is 0 Å². The van der Waals surface area contributed by atoms with Gasteiger partial charge >= 0.3 is 11.7 Å². The number of fused-ring (bicyclic) bond motifs is 1. The summed E-state index contributed by atoms with van der Waals surface area (Å²) in [6, 6.07) is 9.35. The Balaban J connectivity index is 1.74. The molecule has 0 unspecified atom stereocenters. The SMILES string of the molecule is O=C(O)CCNCc1ccc(-n2cc3cc[nH]c3nc2=O)cc1. The Kier molecular flexibility index (Phi) is 4.20. The van der Waals surface area contributed by atoms with Crippen LogP contribution in [-0.2, 0) is 11.3 Å². The van der Waals surface area contributed by atoms with Gasteiger partial charge in [0.2, 0.25) is 0 Å². The number of benzene rings is 1. The molecule has 0 atom stereocenters. The average Bonchev–Trinajstić information content (AvgIpc) is 2.98. The zero-order valence-electron chi connectivity index (χ0n) is 12.3. The van der Waals surface area contributed by atoms with Crippen molar-refractivity contribution < 1.29 is 9.90 Å². The number of hydrogen-bond acceptors (Lipinski definition) is 4. The lowest BCUT2D eigenvalue weighted by Crippen LogP contribution is -2.20. The number of aliphatic carboxylic acids is 1. The molecule has 7 nitrogen and oxygen atoms in total. The van der Waals surface area contributed by atoms with E-state index in [1.54, 1.807) is 12.4 Å². The fraction of sp³-hybridized carbons (Fsp3) is 0.188. The molecule has 0 aliphatic carbocycles. The van der Waals surface area contributed by atoms with Crippen molar-refractivity contribution in [1.82, 2.24) is 19.9 Å². The van der Waals surface area contributed by atoms with Gasteiger partial charge in [-0.2, -0.15) is 4.98 Å². The number of carboxylic acid groups (broad SMARTS) is 1. The van der Waals surface area contributed by atoms with Gasteiger partial charge in [0, 0.05) is 30.9 Å². The van der Waals surface area contributed by atoms with Crippen LogP contribution in [0.25, 0.3) is 16.7 Å². The van der Waals surface area contributed by atoms with E-state index in [4.69, 9.17) is 5.11 Å². The molecule has 0 spiro atoms. The highest BCUT2D eigenvalue weighted by Crippen LogP contribution is 2.11. The molecule has 7 heteroatoms. The summed E-state index contributed by atoms with van der Waals surface area (Å²) in [7, 11) is 0. The third-order valence-electron chi connectivity index (χ3n) is 3.50. The van der Waals surface area contributed by atoms with Crippen LogP contribution in [-0.4, -0.2) is 32.2 Å². The molecule has 2 aromatic heterocycles. The maximum atomic E-state index is 12.1. The summed E-state index contributed by atoms with van der Waals surface area (Å²) in [5.41, 5.74) is 1.99. The number of hydrogen-bond donors (Lipinski definition) is 3. The smallest absolute Gasteiger partial charge is 0.354 e. The summed E-state index contributed by atoms with van der Waals surface area (Å²) in [6.45, 7) is 1.00. The van der Waals surface area contributed by atoms with E-state index in [2.05, 4.69) is 15.3 Å². The topological polar surface area (TPSA) is 100 Å². The van der Waals surface area contributed by atoms with Gasteiger partial charge in [0.05, 0.1) is 12.1 Å². The van der Waals surface area contributed by atoms with E-state index in [0.717, 1.165) is 16.6 Å². The minimum absolute atomic E-state index is 0.0931. The Morgan fingerprint density at radius 2 is 2.04 bits per heavy atom. The first-order valence-corrected chi connectivity index (χ1v) is 7.22. The Morgan fingerprint density at radius 1 is 1.26 bits per heavy atom. The lowest BCUT2D eigenvalue weighted by Gasteiger charge is -2.07. The predicted molar refractivity (Wildman–Crippen MR) is 85.7 cm³/mol. The summed E-state index contributed by atoms with van der Waals surface area (Å²) in [4.78, 5) is 29.4. The first-order chi connectivity index (χ1) is 11.1. The molecule has 118 valence electrons. The summed E-state index contributed by atoms with van der Waals surface area (Å²) in [5, 5.41) is 12.5. The fourth-order valence-electron chi connectivity index (χ4n) is 2.30. The molecule has 0 amide bonds. The molecule has 23 heavy (non-hydrogen) atoms. The number of aromatic amines is 1. The molecular formula is C16H16N4O3. The molecule has 3 N–H and O–H groups in total. The fourth-order valence-corrected chi connectivity index (χ4v) is 2.30. The number of aromatic nitrogens is 3. The van der Waals surface area contributed by atoms with E-state index in [1.807, 2.05) is 30.3 Å². The van der Waals surface area contributed by atoms with Gasteiger partial charge in [-0.3, -0.25) is 9.36 Å². The molecule has 1 aromatic carbocycles. The molecule has 0 bridgehead atoms. The van der Waals surface area contributed by atoms with Crippen LogP contribution < -0.4 is 11.0 Å². The number of nitrogens with one attached hydrogen (secondary N) is 2. The largest absolute Gasteiger partial charge is 0.481 e. The molecule has 0 aliphatic rings. The molecular weight excluding hydrogens is 296 g/mol. The average molecular weight is 312 g/mol. The minimum Gasteiger partial charge on any atom is -0.481 e. The molecule has 3 rings (SSSR count). The number of H-pyrrole nitrogens is 1. The first-order valence-electron chi connectivity index (χ1n) is 7.22. The number of carbonyl (C=O) groups is 1. The van der Waals surface area contributed by atoms with E-state index in [0.29, 0.717) is 18.7 Å². The third kappa shape index (κ3) is 3.46. The van der Waals surface area contributed by atoms with Gasteiger partial charge in [-0.15, -0.1) is 0 Å². The van der Waals surface area contributed by atoms with Gasteiger partial charge in [-0.05, 0) is 23.8 Å². The van der Waals surface area contributed by atoms with Gasteiger partial charge < -0.3 is 15.4 Å². The third-order valence-corrected chi connectivity index (χ3v) is 3.50. The van der Waals surface area contributed by atoms with Crippen LogP contribution in [0.15, 0.2) is 47.5 Å². The highest BCUT2D eigenvalue weighted by molar-refractivity contribution is 5.74. The van der Waals surface area contributed by atoms with Crippen LogP contribution >= 0.6 is 0 Å². The lowest BCUT2D eigenvalue weighted by molar-refractivity contribution is -0.136. The molecule has 3 aromatic rings. The Hall–Kier alpha value is -2.93. The molecule has 0 saturated heterocycles. The van der Waals surface area contributed by atoms with Crippen LogP contribution in [0.4, 0.5) is 0 Å². The summed E-state index contributed by atoms with van der Waals surface area (Å²) < 4.78 is 1.50. The van der Waals surface area contributed by atoms with Crippen molar-refractivity contribution in [2.24, 2.45) is 0 Å². The normalized spacial score (nSPS) is 11.0. The monoisotopic (exact) mass is 312 g/mol. The molecule has 0 saturated carbocycles. The van der Waals surface area contributed by atoms with Crippen molar-refractivity contribution in [2.75, 3.05) is 6.54 Å². The van der Waals surface area contributed by atoms with Gasteiger partial charge in [0.15, 0.2) is 0 Å². The van der Waals surface area contributed by atoms with Crippen LogP contribution in [0.5, 0.6) is 0 Å². The quantitative estimate of drug-likeness (QED) is 0.595. The highest BCUT2D eigenvalue weighted by Gasteiger charge is 2.05. The molecule has 2 heterocycles. The first kappa shape index (κ1) is 15.0. The highest BCUT2D eigenvalue weighted by atomic mass is 16.4. The van der Waals surface area contributed by atoms with E-state index < -0.39 is 5.97 Å². The zero-order chi connectivity index (χ0) is 16.2. The van der Waals surface area contributed by atoms with Crippen LogP contribution in [0.1, 0.15) is 12.0 Å². The van der Waals surface area contributed by atoms with E-state index in [9.17, 15) is 9.59 Å². The van der Waals surface area contributed by atoms with Crippen LogP contribution in [0.3, 0.4) is 0 Å². The minimum atomic E-state index is -0.820. The van der Waals surface area contributed by atoms with Crippen molar-refractivity contribution in [2.45, 2.75) is 13.0 Å². The van der Waals surface area contributed by atoms with Crippen molar-refractivity contribution in [3.8, 4) is 5.69 Å².